The summed E-state index contributed by atoms with van der Waals surface area (Å²) in [6.07, 6.45) is 0.0715. The summed E-state index contributed by atoms with van der Waals surface area (Å²) in [6, 6.07) is 16.3. The summed E-state index contributed by atoms with van der Waals surface area (Å²) in [5, 5.41) is 5.52. The Kier molecular flexibility index (Phi) is 7.55. The van der Waals surface area contributed by atoms with Gasteiger partial charge in [0.15, 0.2) is 0 Å². The van der Waals surface area contributed by atoms with Crippen LogP contribution in [-0.2, 0) is 20.8 Å². The molecule has 3 amide bonds. The molecule has 0 bridgehead atoms. The number of carbonyl (C=O) groups excluding carboxylic acids is 3. The molecule has 6 heteroatoms. The molecule has 2 aromatic carbocycles. The summed E-state index contributed by atoms with van der Waals surface area (Å²) in [5.41, 5.74) is 2.04. The summed E-state index contributed by atoms with van der Waals surface area (Å²) >= 11 is 0. The lowest BCUT2D eigenvalue weighted by Crippen LogP contribution is -2.33. The minimum absolute atomic E-state index is 0.138. The van der Waals surface area contributed by atoms with Crippen LogP contribution in [-0.4, -0.2) is 35.7 Å². The van der Waals surface area contributed by atoms with Crippen molar-refractivity contribution in [3.05, 3.63) is 60.2 Å². The third-order valence-electron chi connectivity index (χ3n) is 4.07. The van der Waals surface area contributed by atoms with Crippen LogP contribution in [0.4, 0.5) is 11.4 Å². The lowest BCUT2D eigenvalue weighted by molar-refractivity contribution is -0.134. The minimum atomic E-state index is -0.375. The molecular formula is C21H25N3O3. The van der Waals surface area contributed by atoms with E-state index in [1.807, 2.05) is 44.2 Å². The monoisotopic (exact) mass is 367 g/mol. The molecule has 6 nitrogen and oxygen atoms in total. The van der Waals surface area contributed by atoms with Crippen molar-refractivity contribution >= 4 is 29.1 Å². The van der Waals surface area contributed by atoms with Gasteiger partial charge < -0.3 is 15.5 Å². The molecule has 0 fully saturated rings. The zero-order chi connectivity index (χ0) is 19.6. The van der Waals surface area contributed by atoms with Gasteiger partial charge in [-0.1, -0.05) is 36.4 Å². The van der Waals surface area contributed by atoms with E-state index in [1.54, 1.807) is 29.2 Å². The SMILES string of the molecule is CCN(CC)C(=O)CC(=O)Nc1cccc(NC(=O)Cc2ccccc2)c1. The van der Waals surface area contributed by atoms with Gasteiger partial charge in [-0.2, -0.15) is 0 Å². The van der Waals surface area contributed by atoms with Crippen LogP contribution in [0.5, 0.6) is 0 Å². The van der Waals surface area contributed by atoms with Crippen LogP contribution in [0.2, 0.25) is 0 Å². The summed E-state index contributed by atoms with van der Waals surface area (Å²) in [6.45, 7) is 4.90. The van der Waals surface area contributed by atoms with Gasteiger partial charge in [-0.15, -0.1) is 0 Å². The second kappa shape index (κ2) is 10.1. The maximum atomic E-state index is 12.2. The second-order valence-electron chi connectivity index (χ2n) is 6.08. The van der Waals surface area contributed by atoms with Gasteiger partial charge in [0.2, 0.25) is 17.7 Å². The van der Waals surface area contributed by atoms with Gasteiger partial charge in [-0.05, 0) is 37.6 Å². The Morgan fingerprint density at radius 1 is 0.815 bits per heavy atom. The fraction of sp³-hybridized carbons (Fsp3) is 0.286. The second-order valence-corrected chi connectivity index (χ2v) is 6.08. The zero-order valence-electron chi connectivity index (χ0n) is 15.7. The molecule has 2 aromatic rings. The molecule has 27 heavy (non-hydrogen) atoms. The number of hydrogen-bond acceptors (Lipinski definition) is 3. The topological polar surface area (TPSA) is 78.5 Å². The van der Waals surface area contributed by atoms with E-state index in [1.165, 1.54) is 0 Å². The van der Waals surface area contributed by atoms with E-state index >= 15 is 0 Å². The van der Waals surface area contributed by atoms with E-state index < -0.39 is 0 Å². The molecule has 0 saturated heterocycles. The van der Waals surface area contributed by atoms with Crippen LogP contribution in [0.3, 0.4) is 0 Å². The van der Waals surface area contributed by atoms with Crippen LogP contribution < -0.4 is 10.6 Å². The standard InChI is InChI=1S/C21H25N3O3/c1-3-24(4-2)21(27)15-20(26)23-18-12-8-11-17(14-18)22-19(25)13-16-9-6-5-7-10-16/h5-12,14H,3-4,13,15H2,1-2H3,(H,22,25)(H,23,26). The molecule has 0 aromatic heterocycles. The average molecular weight is 367 g/mol. The molecule has 0 heterocycles. The largest absolute Gasteiger partial charge is 0.343 e. The molecule has 0 radical (unpaired) electrons. The Balaban J connectivity index is 1.91. The number of nitrogens with zero attached hydrogens (tertiary/aromatic N) is 1. The minimum Gasteiger partial charge on any atom is -0.343 e. The van der Waals surface area contributed by atoms with Crippen LogP contribution in [0.1, 0.15) is 25.8 Å². The first-order chi connectivity index (χ1) is 13.0. The molecule has 0 aliphatic carbocycles. The van der Waals surface area contributed by atoms with E-state index in [2.05, 4.69) is 10.6 Å². The molecule has 0 aliphatic rings. The van der Waals surface area contributed by atoms with Gasteiger partial charge in [-0.25, -0.2) is 0 Å². The van der Waals surface area contributed by atoms with Crippen molar-refractivity contribution in [2.24, 2.45) is 0 Å². The van der Waals surface area contributed by atoms with Crippen LogP contribution in [0, 0.1) is 0 Å². The third kappa shape index (κ3) is 6.58. The van der Waals surface area contributed by atoms with Crippen molar-refractivity contribution in [3.63, 3.8) is 0 Å². The normalized spacial score (nSPS) is 10.1. The Hall–Kier alpha value is -3.15. The van der Waals surface area contributed by atoms with E-state index in [0.29, 0.717) is 24.5 Å². The first-order valence-corrected chi connectivity index (χ1v) is 9.03. The summed E-state index contributed by atoms with van der Waals surface area (Å²) in [7, 11) is 0. The van der Waals surface area contributed by atoms with Crippen molar-refractivity contribution < 1.29 is 14.4 Å². The van der Waals surface area contributed by atoms with Gasteiger partial charge in [0.1, 0.15) is 6.42 Å². The number of carbonyl (C=O) groups is 3. The third-order valence-corrected chi connectivity index (χ3v) is 4.07. The number of nitrogens with one attached hydrogen (secondary N) is 2. The smallest absolute Gasteiger partial charge is 0.233 e. The molecule has 0 aliphatic heterocycles. The van der Waals surface area contributed by atoms with Crippen molar-refractivity contribution in [2.45, 2.75) is 26.7 Å². The fourth-order valence-corrected chi connectivity index (χ4v) is 2.69. The van der Waals surface area contributed by atoms with E-state index in [4.69, 9.17) is 0 Å². The Labute approximate surface area is 159 Å². The first kappa shape index (κ1) is 20.2. The van der Waals surface area contributed by atoms with E-state index in [-0.39, 0.29) is 30.6 Å². The Morgan fingerprint density at radius 2 is 1.41 bits per heavy atom. The number of rotatable bonds is 8. The molecular weight excluding hydrogens is 342 g/mol. The van der Waals surface area contributed by atoms with Crippen LogP contribution in [0.15, 0.2) is 54.6 Å². The van der Waals surface area contributed by atoms with Crippen LogP contribution in [0.25, 0.3) is 0 Å². The molecule has 2 N–H and O–H groups in total. The summed E-state index contributed by atoms with van der Waals surface area (Å²) < 4.78 is 0. The molecule has 0 saturated carbocycles. The highest BCUT2D eigenvalue weighted by Crippen LogP contribution is 2.16. The highest BCUT2D eigenvalue weighted by molar-refractivity contribution is 6.04. The number of benzene rings is 2. The molecule has 142 valence electrons. The fourth-order valence-electron chi connectivity index (χ4n) is 2.69. The predicted molar refractivity (Wildman–Crippen MR) is 106 cm³/mol. The Bertz CT molecular complexity index is 786. The molecule has 0 spiro atoms. The maximum absolute atomic E-state index is 12.2. The van der Waals surface area contributed by atoms with Gasteiger partial charge in [-0.3, -0.25) is 14.4 Å². The summed E-state index contributed by atoms with van der Waals surface area (Å²) in [4.78, 5) is 37.9. The van der Waals surface area contributed by atoms with Crippen molar-refractivity contribution in [1.82, 2.24) is 4.90 Å². The predicted octanol–water partition coefficient (Wildman–Crippen LogP) is 3.06. The van der Waals surface area contributed by atoms with Crippen molar-refractivity contribution in [2.75, 3.05) is 23.7 Å². The Morgan fingerprint density at radius 3 is 2.00 bits per heavy atom. The maximum Gasteiger partial charge on any atom is 0.233 e. The highest BCUT2D eigenvalue weighted by atomic mass is 16.2. The quantitative estimate of drug-likeness (QED) is 0.704. The van der Waals surface area contributed by atoms with E-state index in [0.717, 1.165) is 5.56 Å². The number of anilines is 2. The zero-order valence-corrected chi connectivity index (χ0v) is 15.7. The van der Waals surface area contributed by atoms with Gasteiger partial charge in [0.25, 0.3) is 0 Å². The van der Waals surface area contributed by atoms with Crippen molar-refractivity contribution in [3.8, 4) is 0 Å². The van der Waals surface area contributed by atoms with Gasteiger partial charge in [0.05, 0.1) is 6.42 Å². The lowest BCUT2D eigenvalue weighted by Gasteiger charge is -2.18. The van der Waals surface area contributed by atoms with E-state index in [9.17, 15) is 14.4 Å². The molecule has 0 atom stereocenters. The number of hydrogen-bond donors (Lipinski definition) is 2. The van der Waals surface area contributed by atoms with Crippen LogP contribution >= 0.6 is 0 Å². The molecule has 2 rings (SSSR count). The van der Waals surface area contributed by atoms with Gasteiger partial charge in [0, 0.05) is 24.5 Å². The highest BCUT2D eigenvalue weighted by Gasteiger charge is 2.15. The average Bonchev–Trinajstić information content (AvgIpc) is 2.63. The lowest BCUT2D eigenvalue weighted by atomic mass is 10.1. The summed E-state index contributed by atoms with van der Waals surface area (Å²) in [5.74, 6) is -0.717. The van der Waals surface area contributed by atoms with Crippen molar-refractivity contribution in [1.29, 1.82) is 0 Å². The first-order valence-electron chi connectivity index (χ1n) is 9.03. The van der Waals surface area contributed by atoms with Gasteiger partial charge >= 0.3 is 0 Å². The number of amides is 3. The molecule has 0 unspecified atom stereocenters.